The summed E-state index contributed by atoms with van der Waals surface area (Å²) in [5.74, 6) is 0.598. The highest BCUT2D eigenvalue weighted by Crippen LogP contribution is 2.29. The second-order valence-corrected chi connectivity index (χ2v) is 9.39. The molecule has 3 aromatic carbocycles. The van der Waals surface area contributed by atoms with E-state index < -0.39 is 0 Å². The molecule has 0 aliphatic carbocycles. The Balaban J connectivity index is 1.56. The fourth-order valence-electron chi connectivity index (χ4n) is 3.73. The van der Waals surface area contributed by atoms with Crippen LogP contribution in [0.15, 0.2) is 71.9 Å². The fraction of sp³-hybridized carbons (Fsp3) is 0.185. The van der Waals surface area contributed by atoms with Crippen molar-refractivity contribution < 1.29 is 9.59 Å². The average molecular weight is 486 g/mol. The van der Waals surface area contributed by atoms with Crippen molar-refractivity contribution in [1.29, 1.82) is 0 Å². The van der Waals surface area contributed by atoms with Gasteiger partial charge < -0.3 is 10.6 Å². The normalized spacial score (nSPS) is 10.7. The fourth-order valence-corrected chi connectivity index (χ4v) is 4.48. The lowest BCUT2D eigenvalue weighted by Crippen LogP contribution is -2.14. The number of carbonyl (C=O) groups excluding carboxylic acids is 2. The molecular formula is C27H27N5O2S. The van der Waals surface area contributed by atoms with Crippen molar-refractivity contribution in [3.8, 4) is 17.1 Å². The second kappa shape index (κ2) is 10.6. The van der Waals surface area contributed by atoms with Gasteiger partial charge in [-0.15, -0.1) is 10.2 Å². The number of nitrogens with zero attached hydrogens (tertiary/aromatic N) is 3. The van der Waals surface area contributed by atoms with Crippen LogP contribution in [0.1, 0.15) is 23.6 Å². The van der Waals surface area contributed by atoms with E-state index in [4.69, 9.17) is 0 Å². The number of thioether (sulfide) groups is 1. The highest BCUT2D eigenvalue weighted by molar-refractivity contribution is 7.99. The molecule has 0 aliphatic rings. The molecule has 1 heterocycles. The summed E-state index contributed by atoms with van der Waals surface area (Å²) in [6, 6.07) is 21.5. The number of rotatable bonds is 7. The highest BCUT2D eigenvalue weighted by atomic mass is 32.2. The standard InChI is InChI=1S/C27H27N5O2S/c1-17-5-7-21(8-6-17)26-30-31-27(32(26)24-14-18(2)13-19(3)15-24)35-16-25(34)29-23-11-9-22(10-12-23)28-20(4)33/h5-15H,16H2,1-4H3,(H,28,33)(H,29,34). The first kappa shape index (κ1) is 24.2. The summed E-state index contributed by atoms with van der Waals surface area (Å²) in [4.78, 5) is 23.8. The van der Waals surface area contributed by atoms with Crippen LogP contribution in [0.2, 0.25) is 0 Å². The third-order valence-electron chi connectivity index (χ3n) is 5.23. The van der Waals surface area contributed by atoms with Gasteiger partial charge in [-0.3, -0.25) is 14.2 Å². The van der Waals surface area contributed by atoms with Crippen LogP contribution in [0, 0.1) is 20.8 Å². The Morgan fingerprint density at radius 3 is 2.00 bits per heavy atom. The summed E-state index contributed by atoms with van der Waals surface area (Å²) in [5, 5.41) is 15.1. The lowest BCUT2D eigenvalue weighted by molar-refractivity contribution is -0.114. The lowest BCUT2D eigenvalue weighted by Gasteiger charge is -2.12. The smallest absolute Gasteiger partial charge is 0.234 e. The Morgan fingerprint density at radius 2 is 1.40 bits per heavy atom. The predicted molar refractivity (Wildman–Crippen MR) is 141 cm³/mol. The van der Waals surface area contributed by atoms with Gasteiger partial charge >= 0.3 is 0 Å². The molecule has 35 heavy (non-hydrogen) atoms. The molecule has 2 amide bonds. The Hall–Kier alpha value is -3.91. The van der Waals surface area contributed by atoms with Gasteiger partial charge in [0.05, 0.1) is 11.4 Å². The molecule has 0 unspecified atom stereocenters. The van der Waals surface area contributed by atoms with Crippen molar-refractivity contribution in [3.63, 3.8) is 0 Å². The first-order valence-corrected chi connectivity index (χ1v) is 12.2. The molecular weight excluding hydrogens is 458 g/mol. The summed E-state index contributed by atoms with van der Waals surface area (Å²) in [7, 11) is 0. The van der Waals surface area contributed by atoms with Crippen molar-refractivity contribution in [3.05, 3.63) is 83.4 Å². The largest absolute Gasteiger partial charge is 0.326 e. The number of nitrogens with one attached hydrogen (secondary N) is 2. The van der Waals surface area contributed by atoms with E-state index in [0.717, 1.165) is 28.2 Å². The van der Waals surface area contributed by atoms with Gasteiger partial charge in [0.25, 0.3) is 0 Å². The van der Waals surface area contributed by atoms with Crippen LogP contribution in [0.3, 0.4) is 0 Å². The van der Waals surface area contributed by atoms with E-state index in [1.807, 2.05) is 35.8 Å². The summed E-state index contributed by atoms with van der Waals surface area (Å²) in [6.07, 6.45) is 0. The van der Waals surface area contributed by atoms with E-state index in [2.05, 4.69) is 52.9 Å². The Labute approximate surface area is 209 Å². The molecule has 0 spiro atoms. The van der Waals surface area contributed by atoms with E-state index in [1.54, 1.807) is 24.3 Å². The molecule has 0 atom stereocenters. The minimum absolute atomic E-state index is 0.142. The first-order valence-electron chi connectivity index (χ1n) is 11.2. The molecule has 1 aromatic heterocycles. The van der Waals surface area contributed by atoms with E-state index in [0.29, 0.717) is 16.5 Å². The summed E-state index contributed by atoms with van der Waals surface area (Å²) >= 11 is 1.33. The summed E-state index contributed by atoms with van der Waals surface area (Å²) < 4.78 is 2.00. The van der Waals surface area contributed by atoms with Gasteiger partial charge in [0, 0.05) is 23.9 Å². The van der Waals surface area contributed by atoms with Crippen molar-refractivity contribution in [2.45, 2.75) is 32.9 Å². The van der Waals surface area contributed by atoms with Crippen LogP contribution >= 0.6 is 11.8 Å². The van der Waals surface area contributed by atoms with Crippen molar-refractivity contribution in [1.82, 2.24) is 14.8 Å². The van der Waals surface area contributed by atoms with Crippen LogP contribution in [0.4, 0.5) is 11.4 Å². The van der Waals surface area contributed by atoms with Crippen molar-refractivity contribution in [2.24, 2.45) is 0 Å². The van der Waals surface area contributed by atoms with Crippen LogP contribution in [-0.2, 0) is 9.59 Å². The van der Waals surface area contributed by atoms with E-state index >= 15 is 0 Å². The second-order valence-electron chi connectivity index (χ2n) is 8.45. The maximum atomic E-state index is 12.7. The van der Waals surface area contributed by atoms with Crippen LogP contribution in [0.25, 0.3) is 17.1 Å². The topological polar surface area (TPSA) is 88.9 Å². The maximum absolute atomic E-state index is 12.7. The predicted octanol–water partition coefficient (Wildman–Crippen LogP) is 5.55. The number of aromatic nitrogens is 3. The van der Waals surface area contributed by atoms with Crippen molar-refractivity contribution >= 4 is 35.0 Å². The monoisotopic (exact) mass is 485 g/mol. The van der Waals surface area contributed by atoms with E-state index in [9.17, 15) is 9.59 Å². The Bertz CT molecular complexity index is 1340. The third-order valence-corrected chi connectivity index (χ3v) is 6.16. The third kappa shape index (κ3) is 6.16. The van der Waals surface area contributed by atoms with Crippen molar-refractivity contribution in [2.75, 3.05) is 16.4 Å². The molecule has 2 N–H and O–H groups in total. The molecule has 4 aromatic rings. The van der Waals surface area contributed by atoms with Gasteiger partial charge in [-0.05, 0) is 68.3 Å². The maximum Gasteiger partial charge on any atom is 0.234 e. The average Bonchev–Trinajstić information content (AvgIpc) is 3.22. The van der Waals surface area contributed by atoms with E-state index in [-0.39, 0.29) is 17.6 Å². The highest BCUT2D eigenvalue weighted by Gasteiger charge is 2.18. The molecule has 0 saturated carbocycles. The number of benzene rings is 3. The lowest BCUT2D eigenvalue weighted by atomic mass is 10.1. The van der Waals surface area contributed by atoms with Crippen LogP contribution in [0.5, 0.6) is 0 Å². The molecule has 0 radical (unpaired) electrons. The number of anilines is 2. The molecule has 8 heteroatoms. The van der Waals surface area contributed by atoms with Gasteiger partial charge in [0.15, 0.2) is 11.0 Å². The molecule has 0 aliphatic heterocycles. The van der Waals surface area contributed by atoms with E-state index in [1.165, 1.54) is 24.2 Å². The number of carbonyl (C=O) groups is 2. The SMILES string of the molecule is CC(=O)Nc1ccc(NC(=O)CSc2nnc(-c3ccc(C)cc3)n2-c2cc(C)cc(C)c2)cc1. The van der Waals surface area contributed by atoms with Gasteiger partial charge in [-0.1, -0.05) is 47.7 Å². The van der Waals surface area contributed by atoms with Gasteiger partial charge in [0.1, 0.15) is 0 Å². The number of hydrogen-bond donors (Lipinski definition) is 2. The number of hydrogen-bond acceptors (Lipinski definition) is 5. The molecule has 178 valence electrons. The molecule has 0 saturated heterocycles. The molecule has 0 bridgehead atoms. The number of aryl methyl sites for hydroxylation is 3. The van der Waals surface area contributed by atoms with Crippen LogP contribution in [-0.4, -0.2) is 32.3 Å². The number of amides is 2. The minimum atomic E-state index is -0.158. The Kier molecular flexibility index (Phi) is 7.31. The van der Waals surface area contributed by atoms with Gasteiger partial charge in [0.2, 0.25) is 11.8 Å². The molecule has 0 fully saturated rings. The quantitative estimate of drug-likeness (QED) is 0.335. The zero-order valence-corrected chi connectivity index (χ0v) is 20.9. The molecule has 4 rings (SSSR count). The first-order chi connectivity index (χ1) is 16.8. The summed E-state index contributed by atoms with van der Waals surface area (Å²) in [6.45, 7) is 7.62. The van der Waals surface area contributed by atoms with Gasteiger partial charge in [-0.25, -0.2) is 0 Å². The summed E-state index contributed by atoms with van der Waals surface area (Å²) in [5.41, 5.74) is 6.69. The van der Waals surface area contributed by atoms with Gasteiger partial charge in [-0.2, -0.15) is 0 Å². The molecule has 7 nitrogen and oxygen atoms in total. The zero-order valence-electron chi connectivity index (χ0n) is 20.1. The minimum Gasteiger partial charge on any atom is -0.326 e. The Morgan fingerprint density at radius 1 is 0.800 bits per heavy atom. The van der Waals surface area contributed by atoms with Crippen LogP contribution < -0.4 is 10.6 Å². The zero-order chi connectivity index (χ0) is 24.9.